The van der Waals surface area contributed by atoms with Gasteiger partial charge in [-0.2, -0.15) is 0 Å². The lowest BCUT2D eigenvalue weighted by atomic mass is 9.83. The van der Waals surface area contributed by atoms with Gasteiger partial charge in [0.15, 0.2) is 0 Å². The molecule has 5 heteroatoms. The summed E-state index contributed by atoms with van der Waals surface area (Å²) in [6, 6.07) is 6.60. The van der Waals surface area contributed by atoms with Gasteiger partial charge in [0.05, 0.1) is 11.1 Å². The first-order chi connectivity index (χ1) is 11.2. The normalized spacial score (nSPS) is 28.8. The van der Waals surface area contributed by atoms with E-state index in [9.17, 15) is 4.79 Å². The first kappa shape index (κ1) is 16.0. The number of para-hydroxylation sites is 1. The number of amides is 1. The average molecular weight is 346 g/mol. The summed E-state index contributed by atoms with van der Waals surface area (Å²) in [4.78, 5) is 18.0. The van der Waals surface area contributed by atoms with Gasteiger partial charge >= 0.3 is 0 Å². The molecule has 4 nitrogen and oxygen atoms in total. The Bertz CT molecular complexity index is 791. The zero-order chi connectivity index (χ0) is 15.6. The molecule has 1 aromatic heterocycles. The summed E-state index contributed by atoms with van der Waals surface area (Å²) in [6.07, 6.45) is 4.72. The van der Waals surface area contributed by atoms with Crippen LogP contribution in [0.3, 0.4) is 0 Å². The molecule has 1 aromatic carbocycles. The lowest BCUT2D eigenvalue weighted by Crippen LogP contribution is -2.58. The van der Waals surface area contributed by atoms with Gasteiger partial charge in [-0.05, 0) is 50.4 Å². The van der Waals surface area contributed by atoms with Crippen LogP contribution in [0.15, 0.2) is 24.4 Å². The van der Waals surface area contributed by atoms with Crippen LogP contribution in [0.1, 0.15) is 28.8 Å². The van der Waals surface area contributed by atoms with Crippen molar-refractivity contribution in [2.75, 3.05) is 26.2 Å². The van der Waals surface area contributed by atoms with Gasteiger partial charge in [0, 0.05) is 37.3 Å². The monoisotopic (exact) mass is 345 g/mol. The van der Waals surface area contributed by atoms with Gasteiger partial charge < -0.3 is 14.4 Å². The maximum atomic E-state index is 13.3. The van der Waals surface area contributed by atoms with Crippen molar-refractivity contribution in [1.82, 2.24) is 14.4 Å². The second-order valence-corrected chi connectivity index (χ2v) is 7.41. The molecule has 4 aliphatic heterocycles. The molecule has 2 aromatic rings. The van der Waals surface area contributed by atoms with Gasteiger partial charge in [0.2, 0.25) is 0 Å². The van der Waals surface area contributed by atoms with Gasteiger partial charge in [-0.3, -0.25) is 4.79 Å². The van der Waals surface area contributed by atoms with E-state index in [-0.39, 0.29) is 18.3 Å². The quantitative estimate of drug-likeness (QED) is 0.795. The summed E-state index contributed by atoms with van der Waals surface area (Å²) in [6.45, 7) is 7.40. The molecule has 6 rings (SSSR count). The number of fused-ring (bicyclic) bond motifs is 3. The molecule has 0 unspecified atom stereocenters. The van der Waals surface area contributed by atoms with Gasteiger partial charge in [-0.15, -0.1) is 12.4 Å². The van der Waals surface area contributed by atoms with Crippen molar-refractivity contribution in [2.45, 2.75) is 32.4 Å². The van der Waals surface area contributed by atoms with Crippen LogP contribution in [0.2, 0.25) is 0 Å². The Labute approximate surface area is 148 Å². The topological polar surface area (TPSA) is 28.5 Å². The molecule has 0 spiro atoms. The van der Waals surface area contributed by atoms with Crippen molar-refractivity contribution < 1.29 is 4.79 Å². The number of aromatic nitrogens is 1. The second kappa shape index (κ2) is 5.78. The first-order valence-corrected chi connectivity index (χ1v) is 8.84. The second-order valence-electron chi connectivity index (χ2n) is 7.41. The highest BCUT2D eigenvalue weighted by Crippen LogP contribution is 2.34. The van der Waals surface area contributed by atoms with E-state index in [2.05, 4.69) is 33.6 Å². The van der Waals surface area contributed by atoms with E-state index in [0.717, 1.165) is 30.7 Å². The Hall–Kier alpha value is -1.52. The van der Waals surface area contributed by atoms with Crippen LogP contribution in [-0.2, 0) is 6.54 Å². The summed E-state index contributed by atoms with van der Waals surface area (Å²) < 4.78 is 2.29. The zero-order valence-corrected chi connectivity index (χ0v) is 14.9. The van der Waals surface area contributed by atoms with Gasteiger partial charge in [-0.25, -0.2) is 0 Å². The molecule has 4 aliphatic rings. The number of carbonyl (C=O) groups excluding carboxylic acids is 1. The molecule has 5 heterocycles. The molecule has 24 heavy (non-hydrogen) atoms. The Balaban J connectivity index is 0.00000146. The zero-order valence-electron chi connectivity index (χ0n) is 14.1. The van der Waals surface area contributed by atoms with Crippen molar-refractivity contribution >= 4 is 29.2 Å². The minimum atomic E-state index is 0. The third-order valence-corrected chi connectivity index (χ3v) is 6.19. The number of carbonyl (C=O) groups is 1. The Kier molecular flexibility index (Phi) is 3.85. The van der Waals surface area contributed by atoms with Crippen LogP contribution >= 0.6 is 12.4 Å². The number of nitrogens with zero attached hydrogens (tertiary/aromatic N) is 3. The maximum Gasteiger partial charge on any atom is 0.256 e. The highest BCUT2D eigenvalue weighted by atomic mass is 35.5. The highest BCUT2D eigenvalue weighted by Gasteiger charge is 2.40. The van der Waals surface area contributed by atoms with Crippen LogP contribution in [0.4, 0.5) is 0 Å². The van der Waals surface area contributed by atoms with Crippen LogP contribution in [0.25, 0.3) is 10.9 Å². The third-order valence-electron chi connectivity index (χ3n) is 6.19. The predicted octanol–water partition coefficient (Wildman–Crippen LogP) is 2.92. The Morgan fingerprint density at radius 2 is 1.88 bits per heavy atom. The fourth-order valence-corrected chi connectivity index (χ4v) is 4.96. The van der Waals surface area contributed by atoms with E-state index in [1.165, 1.54) is 36.9 Å². The molecule has 3 fully saturated rings. The van der Waals surface area contributed by atoms with E-state index in [4.69, 9.17) is 0 Å². The van der Waals surface area contributed by atoms with E-state index < -0.39 is 0 Å². The fraction of sp³-hybridized carbons (Fsp3) is 0.526. The van der Waals surface area contributed by atoms with Crippen molar-refractivity contribution in [3.8, 4) is 0 Å². The SMILES string of the molecule is Cc1cn2c3c(cccc13)C(=O)N([C@@H]1CN3CCC1CC3)CC2.Cl. The average Bonchev–Trinajstić information content (AvgIpc) is 2.85. The van der Waals surface area contributed by atoms with E-state index >= 15 is 0 Å². The molecule has 3 saturated heterocycles. The summed E-state index contributed by atoms with van der Waals surface area (Å²) in [7, 11) is 0. The molecule has 128 valence electrons. The lowest BCUT2D eigenvalue weighted by molar-refractivity contribution is 0.00727. The number of aryl methyl sites for hydroxylation is 1. The van der Waals surface area contributed by atoms with Crippen LogP contribution in [-0.4, -0.2) is 52.5 Å². The number of rotatable bonds is 1. The van der Waals surface area contributed by atoms with Gasteiger partial charge in [0.1, 0.15) is 0 Å². The molecule has 0 radical (unpaired) electrons. The minimum Gasteiger partial charge on any atom is -0.345 e. The number of hydrogen-bond donors (Lipinski definition) is 0. The van der Waals surface area contributed by atoms with Gasteiger partial charge in [0.25, 0.3) is 5.91 Å². The molecular weight excluding hydrogens is 322 g/mol. The number of piperidine rings is 3. The fourth-order valence-electron chi connectivity index (χ4n) is 4.96. The third kappa shape index (κ3) is 2.20. The largest absolute Gasteiger partial charge is 0.345 e. The Morgan fingerprint density at radius 3 is 2.58 bits per heavy atom. The summed E-state index contributed by atoms with van der Waals surface area (Å²) in [5.74, 6) is 0.938. The lowest BCUT2D eigenvalue weighted by Gasteiger charge is -2.48. The summed E-state index contributed by atoms with van der Waals surface area (Å²) in [5, 5.41) is 1.23. The highest BCUT2D eigenvalue weighted by molar-refractivity contribution is 6.07. The molecular formula is C19H24ClN3O. The van der Waals surface area contributed by atoms with Crippen molar-refractivity contribution in [3.05, 3.63) is 35.5 Å². The molecule has 0 N–H and O–H groups in total. The summed E-state index contributed by atoms with van der Waals surface area (Å²) in [5.41, 5.74) is 3.30. The molecule has 2 bridgehead atoms. The molecule has 1 amide bonds. The molecule has 0 aliphatic carbocycles. The minimum absolute atomic E-state index is 0. The van der Waals surface area contributed by atoms with Crippen molar-refractivity contribution in [2.24, 2.45) is 5.92 Å². The van der Waals surface area contributed by atoms with Crippen LogP contribution in [0.5, 0.6) is 0 Å². The standard InChI is InChI=1S/C19H23N3O.ClH/c1-13-11-21-9-10-22(17-12-20-7-5-14(17)6-8-20)19(23)16-4-2-3-15(13)18(16)21;/h2-4,11,14,17H,5-10,12H2,1H3;1H/t17-;/m1./s1. The number of halogens is 1. The predicted molar refractivity (Wildman–Crippen MR) is 97.9 cm³/mol. The molecule has 1 atom stereocenters. The van der Waals surface area contributed by atoms with E-state index in [1.807, 2.05) is 12.1 Å². The van der Waals surface area contributed by atoms with Crippen molar-refractivity contribution in [1.29, 1.82) is 0 Å². The maximum absolute atomic E-state index is 13.3. The number of benzene rings is 1. The number of hydrogen-bond acceptors (Lipinski definition) is 2. The van der Waals surface area contributed by atoms with Crippen LogP contribution in [0, 0.1) is 12.8 Å². The first-order valence-electron chi connectivity index (χ1n) is 8.84. The summed E-state index contributed by atoms with van der Waals surface area (Å²) >= 11 is 0. The van der Waals surface area contributed by atoms with E-state index in [1.54, 1.807) is 0 Å². The molecule has 0 saturated carbocycles. The van der Waals surface area contributed by atoms with E-state index in [0.29, 0.717) is 12.0 Å². The van der Waals surface area contributed by atoms with Crippen LogP contribution < -0.4 is 0 Å². The smallest absolute Gasteiger partial charge is 0.256 e. The van der Waals surface area contributed by atoms with Crippen molar-refractivity contribution in [3.63, 3.8) is 0 Å². The van der Waals surface area contributed by atoms with Gasteiger partial charge in [-0.1, -0.05) is 12.1 Å². The Morgan fingerprint density at radius 1 is 1.08 bits per heavy atom.